The molecule has 43 heavy (non-hydrogen) atoms. The Labute approximate surface area is 246 Å². The van der Waals surface area contributed by atoms with E-state index in [2.05, 4.69) is 27.1 Å². The van der Waals surface area contributed by atoms with Crippen LogP contribution in [0.25, 0.3) is 11.0 Å². The minimum Gasteiger partial charge on any atom is -0.457 e. The topological polar surface area (TPSA) is 93.8 Å². The molecule has 9 nitrogen and oxygen atoms in total. The van der Waals surface area contributed by atoms with Gasteiger partial charge in [-0.2, -0.15) is 13.2 Å². The number of benzene rings is 2. The molecular weight excluding hydrogens is 561 g/mol. The minimum atomic E-state index is -4.60. The molecule has 3 amide bonds. The summed E-state index contributed by atoms with van der Waals surface area (Å²) < 4.78 is 48.2. The third-order valence-electron chi connectivity index (χ3n) is 8.03. The molecule has 0 unspecified atom stereocenters. The van der Waals surface area contributed by atoms with E-state index in [-0.39, 0.29) is 24.3 Å². The first-order valence-electron chi connectivity index (χ1n) is 14.2. The Morgan fingerprint density at radius 1 is 1.02 bits per heavy atom. The van der Waals surface area contributed by atoms with E-state index in [1.807, 2.05) is 11.0 Å². The third-order valence-corrected chi connectivity index (χ3v) is 8.03. The second kappa shape index (κ2) is 11.7. The Balaban J connectivity index is 1.17. The Morgan fingerprint density at radius 2 is 1.81 bits per heavy atom. The summed E-state index contributed by atoms with van der Waals surface area (Å²) in [4.78, 5) is 39.1. The van der Waals surface area contributed by atoms with E-state index in [1.54, 1.807) is 36.7 Å². The first-order valence-corrected chi connectivity index (χ1v) is 14.2. The van der Waals surface area contributed by atoms with Gasteiger partial charge in [-0.05, 0) is 60.5 Å². The summed E-state index contributed by atoms with van der Waals surface area (Å²) in [5.41, 5.74) is 1.04. The van der Waals surface area contributed by atoms with Gasteiger partial charge in [0, 0.05) is 62.9 Å². The lowest BCUT2D eigenvalue weighted by atomic mass is 9.99. The Hall–Kier alpha value is -4.42. The van der Waals surface area contributed by atoms with E-state index in [0.29, 0.717) is 42.2 Å². The molecule has 6 rings (SSSR count). The smallest absolute Gasteiger partial charge is 0.416 e. The lowest BCUT2D eigenvalue weighted by Gasteiger charge is -2.34. The number of urea groups is 1. The SMILES string of the molecule is CCN1CCN(Cc2ccc(NC(=O)N3CCc4ccc(Oc5ccnc6[nH]ccc56)cc4C3=O)cc2C(F)(F)F)CC1. The van der Waals surface area contributed by atoms with Crippen LogP contribution in [0.2, 0.25) is 0 Å². The summed E-state index contributed by atoms with van der Waals surface area (Å²) in [6, 6.07) is 11.7. The van der Waals surface area contributed by atoms with Crippen molar-refractivity contribution < 1.29 is 27.5 Å². The number of amides is 3. The number of carbonyl (C=O) groups excluding carboxylic acids is 2. The number of imide groups is 1. The molecule has 2 aromatic heterocycles. The number of halogens is 3. The molecule has 4 heterocycles. The highest BCUT2D eigenvalue weighted by atomic mass is 19.4. The van der Waals surface area contributed by atoms with E-state index < -0.39 is 23.7 Å². The van der Waals surface area contributed by atoms with Crippen molar-refractivity contribution in [3.63, 3.8) is 0 Å². The molecule has 1 fully saturated rings. The number of aromatic amines is 1. The number of pyridine rings is 1. The van der Waals surface area contributed by atoms with Gasteiger partial charge in [-0.25, -0.2) is 9.78 Å². The number of ether oxygens (including phenoxy) is 1. The molecule has 0 bridgehead atoms. The molecule has 0 radical (unpaired) electrons. The maximum absolute atomic E-state index is 14.1. The standard InChI is InChI=1S/C31H31F3N6O3/c1-2-38-13-15-39(16-14-38)19-21-3-5-22(17-26(21)31(32,33)34)37-30(42)40-12-9-20-4-6-23(18-25(20)29(40)41)43-27-8-11-36-28-24(27)7-10-35-28/h3-8,10-11,17-18H,2,9,12-16,19H2,1H3,(H,35,36)(H,37,42). The van der Waals surface area contributed by atoms with Gasteiger partial charge in [0.25, 0.3) is 5.91 Å². The van der Waals surface area contributed by atoms with Crippen LogP contribution in [0.15, 0.2) is 60.9 Å². The minimum absolute atomic E-state index is 0.0271. The summed E-state index contributed by atoms with van der Waals surface area (Å²) >= 11 is 0. The number of nitrogens with zero attached hydrogens (tertiary/aromatic N) is 4. The van der Waals surface area contributed by atoms with Gasteiger partial charge >= 0.3 is 12.2 Å². The quantitative estimate of drug-likeness (QED) is 0.297. The summed E-state index contributed by atoms with van der Waals surface area (Å²) in [5, 5.41) is 3.28. The number of likely N-dealkylation sites (N-methyl/N-ethyl adjacent to an activating group) is 1. The number of alkyl halides is 3. The largest absolute Gasteiger partial charge is 0.457 e. The van der Waals surface area contributed by atoms with Crippen LogP contribution in [0.1, 0.15) is 34.0 Å². The fourth-order valence-electron chi connectivity index (χ4n) is 5.61. The van der Waals surface area contributed by atoms with Gasteiger partial charge < -0.3 is 19.9 Å². The molecule has 0 atom stereocenters. The number of aromatic nitrogens is 2. The van der Waals surface area contributed by atoms with E-state index in [9.17, 15) is 22.8 Å². The van der Waals surface area contributed by atoms with E-state index in [4.69, 9.17) is 4.74 Å². The molecule has 0 saturated carbocycles. The second-order valence-electron chi connectivity index (χ2n) is 10.7. The molecule has 2 N–H and O–H groups in total. The highest BCUT2D eigenvalue weighted by Gasteiger charge is 2.35. The van der Waals surface area contributed by atoms with Crippen molar-refractivity contribution in [3.8, 4) is 11.5 Å². The first kappa shape index (κ1) is 28.7. The predicted molar refractivity (Wildman–Crippen MR) is 155 cm³/mol. The zero-order chi connectivity index (χ0) is 30.1. The third kappa shape index (κ3) is 6.06. The maximum Gasteiger partial charge on any atom is 0.416 e. The molecule has 2 aliphatic rings. The van der Waals surface area contributed by atoms with Crippen molar-refractivity contribution in [3.05, 3.63) is 83.2 Å². The van der Waals surface area contributed by atoms with Gasteiger partial charge in [-0.15, -0.1) is 0 Å². The van der Waals surface area contributed by atoms with Crippen LogP contribution in [-0.4, -0.2) is 75.9 Å². The molecule has 2 aromatic carbocycles. The lowest BCUT2D eigenvalue weighted by Crippen LogP contribution is -2.45. The number of carbonyl (C=O) groups is 2. The van der Waals surface area contributed by atoms with Crippen molar-refractivity contribution >= 4 is 28.7 Å². The van der Waals surface area contributed by atoms with Crippen molar-refractivity contribution in [2.75, 3.05) is 44.6 Å². The van der Waals surface area contributed by atoms with Crippen molar-refractivity contribution in [1.82, 2.24) is 24.7 Å². The van der Waals surface area contributed by atoms with Gasteiger partial charge in [-0.3, -0.25) is 14.6 Å². The van der Waals surface area contributed by atoms with E-state index in [0.717, 1.165) is 41.6 Å². The fraction of sp³-hybridized carbons (Fsp3) is 0.323. The molecule has 224 valence electrons. The van der Waals surface area contributed by atoms with Crippen molar-refractivity contribution in [2.45, 2.75) is 26.1 Å². The monoisotopic (exact) mass is 592 g/mol. The average molecular weight is 593 g/mol. The van der Waals surface area contributed by atoms with Crippen molar-refractivity contribution in [1.29, 1.82) is 0 Å². The number of anilines is 1. The molecule has 4 aromatic rings. The Morgan fingerprint density at radius 3 is 2.58 bits per heavy atom. The molecule has 12 heteroatoms. The van der Waals surface area contributed by atoms with E-state index >= 15 is 0 Å². The van der Waals surface area contributed by atoms with Crippen LogP contribution in [-0.2, 0) is 19.1 Å². The number of hydrogen-bond donors (Lipinski definition) is 2. The second-order valence-corrected chi connectivity index (χ2v) is 10.7. The Bertz CT molecular complexity index is 1660. The maximum atomic E-state index is 14.1. The Kier molecular flexibility index (Phi) is 7.80. The predicted octanol–water partition coefficient (Wildman–Crippen LogP) is 5.74. The number of rotatable bonds is 6. The number of fused-ring (bicyclic) bond motifs is 2. The van der Waals surface area contributed by atoms with Crippen molar-refractivity contribution in [2.24, 2.45) is 0 Å². The van der Waals surface area contributed by atoms with Gasteiger partial charge in [-0.1, -0.05) is 19.1 Å². The van der Waals surface area contributed by atoms with Crippen LogP contribution < -0.4 is 10.1 Å². The lowest BCUT2D eigenvalue weighted by molar-refractivity contribution is -0.138. The molecular formula is C31H31F3N6O3. The molecule has 0 aliphatic carbocycles. The summed E-state index contributed by atoms with van der Waals surface area (Å²) in [6.07, 6.45) is -0.839. The van der Waals surface area contributed by atoms with Gasteiger partial charge in [0.05, 0.1) is 10.9 Å². The zero-order valence-electron chi connectivity index (χ0n) is 23.6. The van der Waals surface area contributed by atoms with Crippen LogP contribution in [0, 0.1) is 0 Å². The van der Waals surface area contributed by atoms with E-state index in [1.165, 1.54) is 12.1 Å². The summed E-state index contributed by atoms with van der Waals surface area (Å²) in [7, 11) is 0. The number of hydrogen-bond acceptors (Lipinski definition) is 6. The molecule has 0 spiro atoms. The highest BCUT2D eigenvalue weighted by molar-refractivity contribution is 6.09. The summed E-state index contributed by atoms with van der Waals surface area (Å²) in [6.45, 7) is 6.25. The van der Waals surface area contributed by atoms with Gasteiger partial charge in [0.1, 0.15) is 17.1 Å². The average Bonchev–Trinajstić information content (AvgIpc) is 3.48. The number of piperazine rings is 1. The number of H-pyrrole nitrogens is 1. The zero-order valence-corrected chi connectivity index (χ0v) is 23.6. The van der Waals surface area contributed by atoms with Crippen LogP contribution in [0.4, 0.5) is 23.7 Å². The van der Waals surface area contributed by atoms with Crippen LogP contribution in [0.3, 0.4) is 0 Å². The first-order chi connectivity index (χ1) is 20.7. The number of nitrogens with one attached hydrogen (secondary N) is 2. The highest BCUT2D eigenvalue weighted by Crippen LogP contribution is 2.35. The summed E-state index contributed by atoms with van der Waals surface area (Å²) in [5.74, 6) is 0.408. The van der Waals surface area contributed by atoms with Gasteiger partial charge in [0.15, 0.2) is 0 Å². The van der Waals surface area contributed by atoms with Crippen LogP contribution >= 0.6 is 0 Å². The molecule has 1 saturated heterocycles. The molecule has 2 aliphatic heterocycles. The van der Waals surface area contributed by atoms with Crippen LogP contribution in [0.5, 0.6) is 11.5 Å². The van der Waals surface area contributed by atoms with Gasteiger partial charge in [0.2, 0.25) is 0 Å². The normalized spacial score (nSPS) is 16.4. The fourth-order valence-corrected chi connectivity index (χ4v) is 5.61.